The van der Waals surface area contributed by atoms with Gasteiger partial charge in [-0.1, -0.05) is 24.3 Å². The number of carbonyl (C=O) groups excluding carboxylic acids is 1. The molecule has 2 aromatic carbocycles. The molecule has 0 fully saturated rings. The maximum atomic E-state index is 12.2. The Morgan fingerprint density at radius 3 is 2.52 bits per heavy atom. The van der Waals surface area contributed by atoms with Crippen LogP contribution in [0.4, 0.5) is 11.5 Å². The molecule has 0 saturated heterocycles. The summed E-state index contributed by atoms with van der Waals surface area (Å²) in [5.41, 5.74) is 3.21. The number of nitrogens with one attached hydrogen (secondary N) is 1. The molecule has 7 heteroatoms. The van der Waals surface area contributed by atoms with Crippen LogP contribution in [0.25, 0.3) is 21.3 Å². The topological polar surface area (TPSA) is 73.3 Å². The normalized spacial score (nSPS) is 10.8. The van der Waals surface area contributed by atoms with Crippen LogP contribution in [0.5, 0.6) is 5.75 Å². The molecule has 0 aliphatic heterocycles. The lowest BCUT2D eigenvalue weighted by molar-refractivity contribution is 0.0602. The number of thiophene rings is 1. The third-order valence-corrected chi connectivity index (χ3v) is 5.88. The molecule has 4 aromatic rings. The lowest BCUT2D eigenvalue weighted by atomic mass is 10.0. The Kier molecular flexibility index (Phi) is 5.86. The highest BCUT2D eigenvalue weighted by atomic mass is 32.1. The second-order valence-electron chi connectivity index (χ2n) is 6.95. The number of benzene rings is 2. The van der Waals surface area contributed by atoms with E-state index in [1.165, 1.54) is 7.11 Å². The number of esters is 1. The van der Waals surface area contributed by atoms with Gasteiger partial charge in [0.05, 0.1) is 30.4 Å². The van der Waals surface area contributed by atoms with Crippen molar-refractivity contribution >= 4 is 39.0 Å². The van der Waals surface area contributed by atoms with E-state index >= 15 is 0 Å². The first-order valence-corrected chi connectivity index (χ1v) is 10.8. The molecule has 6 nitrogen and oxygen atoms in total. The highest BCUT2D eigenvalue weighted by Gasteiger charge is 2.20. The van der Waals surface area contributed by atoms with E-state index in [2.05, 4.69) is 22.2 Å². The number of nitrogens with zero attached hydrogens (tertiary/aromatic N) is 2. The summed E-state index contributed by atoms with van der Waals surface area (Å²) in [5.74, 6) is 1.75. The summed E-state index contributed by atoms with van der Waals surface area (Å²) >= 11 is 1.63. The minimum absolute atomic E-state index is 0.404. The summed E-state index contributed by atoms with van der Waals surface area (Å²) in [4.78, 5) is 23.6. The molecule has 0 radical (unpaired) electrons. The Morgan fingerprint density at radius 2 is 1.81 bits per heavy atom. The van der Waals surface area contributed by atoms with Gasteiger partial charge in [-0.05, 0) is 50.6 Å². The second-order valence-corrected chi connectivity index (χ2v) is 8.16. The number of aryl methyl sites for hydroxylation is 2. The van der Waals surface area contributed by atoms with Gasteiger partial charge in [0.15, 0.2) is 0 Å². The average molecular weight is 434 g/mol. The van der Waals surface area contributed by atoms with E-state index in [0.29, 0.717) is 29.5 Å². The van der Waals surface area contributed by atoms with Gasteiger partial charge in [-0.3, -0.25) is 0 Å². The smallest absolute Gasteiger partial charge is 0.339 e. The Morgan fingerprint density at radius 1 is 1.06 bits per heavy atom. The quantitative estimate of drug-likeness (QED) is 0.381. The van der Waals surface area contributed by atoms with Crippen molar-refractivity contribution in [2.75, 3.05) is 19.0 Å². The van der Waals surface area contributed by atoms with Crippen molar-refractivity contribution < 1.29 is 14.3 Å². The van der Waals surface area contributed by atoms with Crippen LogP contribution in [0.15, 0.2) is 48.5 Å². The minimum atomic E-state index is -0.404. The predicted octanol–water partition coefficient (Wildman–Crippen LogP) is 5.90. The molecule has 2 heterocycles. The number of rotatable bonds is 6. The summed E-state index contributed by atoms with van der Waals surface area (Å²) in [6.07, 6.45) is 0. The number of ether oxygens (including phenoxy) is 2. The average Bonchev–Trinajstić information content (AvgIpc) is 3.10. The fourth-order valence-corrected chi connectivity index (χ4v) is 4.64. The number of carbonyl (C=O) groups is 1. The second kappa shape index (κ2) is 8.73. The zero-order valence-corrected chi connectivity index (χ0v) is 18.7. The first-order chi connectivity index (χ1) is 15.0. The van der Waals surface area contributed by atoms with Crippen LogP contribution >= 0.6 is 11.3 Å². The van der Waals surface area contributed by atoms with E-state index < -0.39 is 5.97 Å². The molecule has 0 aliphatic carbocycles. The molecule has 158 valence electrons. The number of hydrogen-bond acceptors (Lipinski definition) is 7. The summed E-state index contributed by atoms with van der Waals surface area (Å²) < 4.78 is 10.5. The molecule has 0 aliphatic rings. The Labute approximate surface area is 184 Å². The van der Waals surface area contributed by atoms with E-state index in [0.717, 1.165) is 32.0 Å². The zero-order chi connectivity index (χ0) is 22.0. The van der Waals surface area contributed by atoms with Gasteiger partial charge in [0.25, 0.3) is 0 Å². The van der Waals surface area contributed by atoms with E-state index in [1.54, 1.807) is 23.5 Å². The van der Waals surface area contributed by atoms with Crippen LogP contribution in [0.1, 0.15) is 28.0 Å². The van der Waals surface area contributed by atoms with Crippen molar-refractivity contribution in [3.05, 3.63) is 64.8 Å². The number of aromatic nitrogens is 2. The summed E-state index contributed by atoms with van der Waals surface area (Å²) in [6.45, 7) is 6.54. The molecule has 0 bridgehead atoms. The predicted molar refractivity (Wildman–Crippen MR) is 125 cm³/mol. The molecule has 0 spiro atoms. The van der Waals surface area contributed by atoms with Crippen LogP contribution in [0.3, 0.4) is 0 Å². The Hall–Kier alpha value is -3.45. The number of anilines is 2. The van der Waals surface area contributed by atoms with Crippen molar-refractivity contribution in [1.29, 1.82) is 0 Å². The molecule has 0 unspecified atom stereocenters. The zero-order valence-electron chi connectivity index (χ0n) is 17.9. The summed E-state index contributed by atoms with van der Waals surface area (Å²) in [6, 6.07) is 15.3. The number of methoxy groups -OCH3 is 1. The summed E-state index contributed by atoms with van der Waals surface area (Å²) in [7, 11) is 1.37. The van der Waals surface area contributed by atoms with Crippen molar-refractivity contribution in [3.63, 3.8) is 0 Å². The van der Waals surface area contributed by atoms with Gasteiger partial charge in [-0.2, -0.15) is 0 Å². The van der Waals surface area contributed by atoms with Gasteiger partial charge in [0, 0.05) is 10.4 Å². The van der Waals surface area contributed by atoms with Crippen LogP contribution in [-0.2, 0) is 4.74 Å². The Balaban J connectivity index is 1.86. The standard InChI is InChI=1S/C24H23N3O3S/c1-5-30-17-12-10-16(11-13-17)20-14(2)31-23-21(20)22(25-15(3)26-23)27-19-9-7-6-8-18(19)24(28)29-4/h6-13H,5H2,1-4H3,(H,25,26,27). The van der Waals surface area contributed by atoms with Gasteiger partial charge >= 0.3 is 5.97 Å². The fraction of sp³-hybridized carbons (Fsp3) is 0.208. The van der Waals surface area contributed by atoms with Crippen LogP contribution in [-0.4, -0.2) is 29.7 Å². The molecule has 1 N–H and O–H groups in total. The van der Waals surface area contributed by atoms with E-state index in [4.69, 9.17) is 9.47 Å². The number of para-hydroxylation sites is 1. The van der Waals surface area contributed by atoms with Gasteiger partial charge in [0.2, 0.25) is 0 Å². The van der Waals surface area contributed by atoms with Crippen molar-refractivity contribution in [2.24, 2.45) is 0 Å². The third-order valence-electron chi connectivity index (χ3n) is 4.88. The number of hydrogen-bond donors (Lipinski definition) is 1. The van der Waals surface area contributed by atoms with Crippen molar-refractivity contribution in [3.8, 4) is 16.9 Å². The molecule has 0 saturated carbocycles. The Bertz CT molecular complexity index is 1250. The van der Waals surface area contributed by atoms with E-state index in [-0.39, 0.29) is 0 Å². The molecular formula is C24H23N3O3S. The van der Waals surface area contributed by atoms with Crippen molar-refractivity contribution in [1.82, 2.24) is 9.97 Å². The lowest BCUT2D eigenvalue weighted by Gasteiger charge is -2.13. The van der Waals surface area contributed by atoms with E-state index in [1.807, 2.05) is 50.2 Å². The van der Waals surface area contributed by atoms with Crippen LogP contribution in [0, 0.1) is 13.8 Å². The molecule has 31 heavy (non-hydrogen) atoms. The van der Waals surface area contributed by atoms with Gasteiger partial charge in [-0.25, -0.2) is 14.8 Å². The molecular weight excluding hydrogens is 410 g/mol. The number of fused-ring (bicyclic) bond motifs is 1. The highest BCUT2D eigenvalue weighted by Crippen LogP contribution is 2.42. The first kappa shape index (κ1) is 20.8. The van der Waals surface area contributed by atoms with Crippen LogP contribution < -0.4 is 10.1 Å². The van der Waals surface area contributed by atoms with Gasteiger partial charge in [-0.15, -0.1) is 11.3 Å². The molecule has 0 atom stereocenters. The minimum Gasteiger partial charge on any atom is -0.494 e. The molecule has 4 rings (SSSR count). The monoisotopic (exact) mass is 433 g/mol. The van der Waals surface area contributed by atoms with Gasteiger partial charge < -0.3 is 14.8 Å². The molecule has 2 aromatic heterocycles. The largest absolute Gasteiger partial charge is 0.494 e. The molecule has 0 amide bonds. The van der Waals surface area contributed by atoms with Crippen LogP contribution in [0.2, 0.25) is 0 Å². The third kappa shape index (κ3) is 4.09. The SMILES string of the molecule is CCOc1ccc(-c2c(C)sc3nc(C)nc(Nc4ccccc4C(=O)OC)c23)cc1. The maximum absolute atomic E-state index is 12.2. The van der Waals surface area contributed by atoms with Crippen molar-refractivity contribution in [2.45, 2.75) is 20.8 Å². The fourth-order valence-electron chi connectivity index (χ4n) is 3.55. The highest BCUT2D eigenvalue weighted by molar-refractivity contribution is 7.19. The maximum Gasteiger partial charge on any atom is 0.339 e. The van der Waals surface area contributed by atoms with E-state index in [9.17, 15) is 4.79 Å². The first-order valence-electron chi connectivity index (χ1n) is 9.97. The summed E-state index contributed by atoms with van der Waals surface area (Å²) in [5, 5.41) is 4.28. The lowest BCUT2D eigenvalue weighted by Crippen LogP contribution is -2.07. The van der Waals surface area contributed by atoms with Gasteiger partial charge in [0.1, 0.15) is 22.2 Å².